The molecule has 0 amide bonds. The van der Waals surface area contributed by atoms with Gasteiger partial charge in [0.05, 0.1) is 0 Å². The van der Waals surface area contributed by atoms with Gasteiger partial charge in [0, 0.05) is 0 Å². The molecule has 0 aliphatic heterocycles. The standard InChI is InChI=1S/C25H51NO2/c1-4-6-8-10-12-14-16-18-20-22-26(24(3)25(27)28)23-21-19-17-15-13-11-9-7-5-2/h24H,4-23H2,1-3H3,(H,27,28). The SMILES string of the molecule is CCCCCCCCCCCN(CCCCCCCCCCC)C(C)C(=O)O. The Morgan fingerprint density at radius 3 is 1.18 bits per heavy atom. The molecule has 0 aliphatic rings. The van der Waals surface area contributed by atoms with Gasteiger partial charge in [-0.1, -0.05) is 117 Å². The second-order valence-corrected chi connectivity index (χ2v) is 8.71. The van der Waals surface area contributed by atoms with Crippen molar-refractivity contribution in [1.29, 1.82) is 0 Å². The summed E-state index contributed by atoms with van der Waals surface area (Å²) in [5.41, 5.74) is 0. The lowest BCUT2D eigenvalue weighted by Crippen LogP contribution is -2.40. The van der Waals surface area contributed by atoms with E-state index in [2.05, 4.69) is 18.7 Å². The van der Waals surface area contributed by atoms with Crippen LogP contribution in [-0.2, 0) is 4.79 Å². The molecule has 1 N–H and O–H groups in total. The maximum absolute atomic E-state index is 11.4. The van der Waals surface area contributed by atoms with E-state index in [4.69, 9.17) is 0 Å². The van der Waals surface area contributed by atoms with Crippen LogP contribution in [0.3, 0.4) is 0 Å². The molecule has 3 nitrogen and oxygen atoms in total. The highest BCUT2D eigenvalue weighted by atomic mass is 16.4. The first kappa shape index (κ1) is 27.4. The van der Waals surface area contributed by atoms with Crippen molar-refractivity contribution < 1.29 is 9.90 Å². The Bertz CT molecular complexity index is 311. The van der Waals surface area contributed by atoms with Crippen LogP contribution in [0.4, 0.5) is 0 Å². The Kier molecular flexibility index (Phi) is 20.7. The number of hydrogen-bond acceptors (Lipinski definition) is 2. The molecule has 0 radical (unpaired) electrons. The number of aliphatic carboxylic acids is 1. The van der Waals surface area contributed by atoms with E-state index in [-0.39, 0.29) is 6.04 Å². The van der Waals surface area contributed by atoms with Gasteiger partial charge in [-0.25, -0.2) is 0 Å². The molecule has 0 saturated heterocycles. The van der Waals surface area contributed by atoms with Gasteiger partial charge in [-0.3, -0.25) is 9.69 Å². The molecule has 168 valence electrons. The second-order valence-electron chi connectivity index (χ2n) is 8.71. The smallest absolute Gasteiger partial charge is 0.320 e. The van der Waals surface area contributed by atoms with Crippen LogP contribution >= 0.6 is 0 Å². The Balaban J connectivity index is 3.76. The average Bonchev–Trinajstić information content (AvgIpc) is 2.69. The first-order valence-corrected chi connectivity index (χ1v) is 12.6. The summed E-state index contributed by atoms with van der Waals surface area (Å²) in [6, 6.07) is -0.344. The summed E-state index contributed by atoms with van der Waals surface area (Å²) >= 11 is 0. The van der Waals surface area contributed by atoms with Crippen molar-refractivity contribution >= 4 is 5.97 Å². The fourth-order valence-corrected chi connectivity index (χ4v) is 3.91. The van der Waals surface area contributed by atoms with Crippen molar-refractivity contribution in [3.8, 4) is 0 Å². The Morgan fingerprint density at radius 1 is 0.607 bits per heavy atom. The molecular formula is C25H51NO2. The third-order valence-corrected chi connectivity index (χ3v) is 6.00. The van der Waals surface area contributed by atoms with Gasteiger partial charge in [0.15, 0.2) is 0 Å². The first-order chi connectivity index (χ1) is 13.6. The van der Waals surface area contributed by atoms with E-state index in [9.17, 15) is 9.90 Å². The van der Waals surface area contributed by atoms with E-state index in [0.717, 1.165) is 25.9 Å². The van der Waals surface area contributed by atoms with Crippen LogP contribution in [0, 0.1) is 0 Å². The molecule has 3 heteroatoms. The van der Waals surface area contributed by atoms with Crippen LogP contribution in [0.1, 0.15) is 136 Å². The second kappa shape index (κ2) is 21.1. The lowest BCUT2D eigenvalue weighted by Gasteiger charge is -2.26. The van der Waals surface area contributed by atoms with Crippen LogP contribution in [0.25, 0.3) is 0 Å². The zero-order valence-corrected chi connectivity index (χ0v) is 19.5. The highest BCUT2D eigenvalue weighted by Gasteiger charge is 2.19. The molecular weight excluding hydrogens is 346 g/mol. The largest absolute Gasteiger partial charge is 0.480 e. The van der Waals surface area contributed by atoms with Gasteiger partial charge in [-0.05, 0) is 32.9 Å². The molecule has 0 aromatic rings. The molecule has 0 rings (SSSR count). The van der Waals surface area contributed by atoms with E-state index in [0.29, 0.717) is 0 Å². The number of carboxylic acid groups (broad SMARTS) is 1. The predicted octanol–water partition coefficient (Wildman–Crippen LogP) is 7.82. The Hall–Kier alpha value is -0.570. The summed E-state index contributed by atoms with van der Waals surface area (Å²) in [7, 11) is 0. The number of rotatable bonds is 22. The third kappa shape index (κ3) is 17.5. The van der Waals surface area contributed by atoms with Gasteiger partial charge >= 0.3 is 5.97 Å². The predicted molar refractivity (Wildman–Crippen MR) is 123 cm³/mol. The van der Waals surface area contributed by atoms with Gasteiger partial charge in [0.2, 0.25) is 0 Å². The molecule has 0 bridgehead atoms. The molecule has 0 aromatic heterocycles. The van der Waals surface area contributed by atoms with Crippen molar-refractivity contribution in [2.24, 2.45) is 0 Å². The molecule has 0 fully saturated rings. The lowest BCUT2D eigenvalue weighted by atomic mass is 10.1. The topological polar surface area (TPSA) is 40.5 Å². The first-order valence-electron chi connectivity index (χ1n) is 12.6. The van der Waals surface area contributed by atoms with E-state index < -0.39 is 5.97 Å². The van der Waals surface area contributed by atoms with Crippen molar-refractivity contribution in [2.75, 3.05) is 13.1 Å². The average molecular weight is 398 g/mol. The molecule has 0 saturated carbocycles. The number of unbranched alkanes of at least 4 members (excludes halogenated alkanes) is 16. The van der Waals surface area contributed by atoms with E-state index in [1.165, 1.54) is 103 Å². The molecule has 1 unspecified atom stereocenters. The molecule has 0 spiro atoms. The summed E-state index contributed by atoms with van der Waals surface area (Å²) in [4.78, 5) is 13.6. The van der Waals surface area contributed by atoms with E-state index >= 15 is 0 Å². The monoisotopic (exact) mass is 397 g/mol. The van der Waals surface area contributed by atoms with Crippen molar-refractivity contribution in [2.45, 2.75) is 142 Å². The summed E-state index contributed by atoms with van der Waals surface area (Å²) in [6.45, 7) is 8.27. The van der Waals surface area contributed by atoms with Gasteiger partial charge in [-0.2, -0.15) is 0 Å². The minimum absolute atomic E-state index is 0.344. The minimum atomic E-state index is -0.674. The fourth-order valence-electron chi connectivity index (χ4n) is 3.91. The third-order valence-electron chi connectivity index (χ3n) is 6.00. The summed E-state index contributed by atoms with van der Waals surface area (Å²) in [5, 5.41) is 9.40. The summed E-state index contributed by atoms with van der Waals surface area (Å²) in [5.74, 6) is -0.674. The molecule has 0 heterocycles. The van der Waals surface area contributed by atoms with Crippen LogP contribution < -0.4 is 0 Å². The van der Waals surface area contributed by atoms with Gasteiger partial charge in [0.1, 0.15) is 6.04 Å². The Morgan fingerprint density at radius 2 is 0.893 bits per heavy atom. The highest BCUT2D eigenvalue weighted by molar-refractivity contribution is 5.72. The van der Waals surface area contributed by atoms with Gasteiger partial charge in [0.25, 0.3) is 0 Å². The zero-order chi connectivity index (χ0) is 20.9. The Labute approximate surface area is 176 Å². The van der Waals surface area contributed by atoms with E-state index in [1.54, 1.807) is 0 Å². The van der Waals surface area contributed by atoms with E-state index in [1.807, 2.05) is 6.92 Å². The van der Waals surface area contributed by atoms with Gasteiger partial charge < -0.3 is 5.11 Å². The lowest BCUT2D eigenvalue weighted by molar-refractivity contribution is -0.142. The molecule has 1 atom stereocenters. The number of hydrogen-bond donors (Lipinski definition) is 1. The van der Waals surface area contributed by atoms with Gasteiger partial charge in [-0.15, -0.1) is 0 Å². The van der Waals surface area contributed by atoms with Crippen molar-refractivity contribution in [1.82, 2.24) is 4.90 Å². The summed E-state index contributed by atoms with van der Waals surface area (Å²) in [6.07, 6.45) is 23.7. The number of nitrogens with zero attached hydrogens (tertiary/aromatic N) is 1. The van der Waals surface area contributed by atoms with Crippen molar-refractivity contribution in [3.05, 3.63) is 0 Å². The van der Waals surface area contributed by atoms with Crippen molar-refractivity contribution in [3.63, 3.8) is 0 Å². The van der Waals surface area contributed by atoms with Crippen LogP contribution in [0.5, 0.6) is 0 Å². The quantitative estimate of drug-likeness (QED) is 0.189. The van der Waals surface area contributed by atoms with Crippen LogP contribution in [-0.4, -0.2) is 35.1 Å². The number of carbonyl (C=O) groups is 1. The fraction of sp³-hybridized carbons (Fsp3) is 0.960. The molecule has 0 aromatic carbocycles. The molecule has 28 heavy (non-hydrogen) atoms. The number of carboxylic acids is 1. The molecule has 0 aliphatic carbocycles. The minimum Gasteiger partial charge on any atom is -0.480 e. The zero-order valence-electron chi connectivity index (χ0n) is 19.5. The maximum Gasteiger partial charge on any atom is 0.320 e. The maximum atomic E-state index is 11.4. The highest BCUT2D eigenvalue weighted by Crippen LogP contribution is 2.13. The van der Waals surface area contributed by atoms with Crippen LogP contribution in [0.2, 0.25) is 0 Å². The normalized spacial score (nSPS) is 12.6. The van der Waals surface area contributed by atoms with Crippen LogP contribution in [0.15, 0.2) is 0 Å². The summed E-state index contributed by atoms with van der Waals surface area (Å²) < 4.78 is 0.